The number of nitrogens with one attached hydrogen (secondary N) is 1. The zero-order valence-electron chi connectivity index (χ0n) is 9.85. The molecule has 0 aliphatic heterocycles. The Morgan fingerprint density at radius 2 is 2.00 bits per heavy atom. The Hall–Kier alpha value is -1.59. The number of hydroxylamine groups is 1. The van der Waals surface area contributed by atoms with Crippen LogP contribution >= 0.6 is 0 Å². The molecular weight excluding hydrogens is 222 g/mol. The third kappa shape index (κ3) is 6.55. The van der Waals surface area contributed by atoms with Crippen molar-refractivity contribution >= 4 is 6.09 Å². The summed E-state index contributed by atoms with van der Waals surface area (Å²) in [5, 5.41) is 0. The molecule has 94 valence electrons. The van der Waals surface area contributed by atoms with Crippen molar-refractivity contribution < 1.29 is 19.1 Å². The van der Waals surface area contributed by atoms with Crippen LogP contribution in [0.3, 0.4) is 0 Å². The average molecular weight is 239 g/mol. The van der Waals surface area contributed by atoms with Gasteiger partial charge in [-0.25, -0.2) is 4.79 Å². The molecule has 0 aliphatic carbocycles. The molecule has 0 heterocycles. The van der Waals surface area contributed by atoms with Crippen molar-refractivity contribution in [2.75, 3.05) is 19.8 Å². The molecule has 0 aromatic heterocycles. The molecule has 0 saturated heterocycles. The van der Waals surface area contributed by atoms with Crippen LogP contribution in [0.1, 0.15) is 12.5 Å². The molecular formula is C12H17NO4. The predicted molar refractivity (Wildman–Crippen MR) is 62.2 cm³/mol. The van der Waals surface area contributed by atoms with E-state index in [9.17, 15) is 4.79 Å². The second kappa shape index (κ2) is 8.55. The van der Waals surface area contributed by atoms with Gasteiger partial charge in [0.05, 0.1) is 26.4 Å². The van der Waals surface area contributed by atoms with Gasteiger partial charge in [0.15, 0.2) is 0 Å². The van der Waals surface area contributed by atoms with Gasteiger partial charge in [0.25, 0.3) is 0 Å². The fourth-order valence-electron chi connectivity index (χ4n) is 1.14. The van der Waals surface area contributed by atoms with Gasteiger partial charge in [-0.3, -0.25) is 4.84 Å². The van der Waals surface area contributed by atoms with Crippen LogP contribution in [0.15, 0.2) is 30.3 Å². The number of hydrogen-bond acceptors (Lipinski definition) is 4. The maximum absolute atomic E-state index is 10.8. The number of rotatable bonds is 7. The van der Waals surface area contributed by atoms with Gasteiger partial charge >= 0.3 is 6.09 Å². The fourth-order valence-corrected chi connectivity index (χ4v) is 1.14. The van der Waals surface area contributed by atoms with E-state index in [4.69, 9.17) is 9.57 Å². The summed E-state index contributed by atoms with van der Waals surface area (Å²) in [5.41, 5.74) is 3.24. The Labute approximate surface area is 101 Å². The van der Waals surface area contributed by atoms with Gasteiger partial charge < -0.3 is 9.47 Å². The highest BCUT2D eigenvalue weighted by Gasteiger charge is 1.98. The molecule has 1 N–H and O–H groups in total. The maximum Gasteiger partial charge on any atom is 0.431 e. The molecule has 0 fully saturated rings. The Bertz CT molecular complexity index is 316. The summed E-state index contributed by atoms with van der Waals surface area (Å²) in [4.78, 5) is 15.6. The minimum Gasteiger partial charge on any atom is -0.448 e. The number of hydrogen-bond donors (Lipinski definition) is 1. The van der Waals surface area contributed by atoms with Gasteiger partial charge in [0.2, 0.25) is 0 Å². The first-order valence-electron chi connectivity index (χ1n) is 5.49. The van der Waals surface area contributed by atoms with Crippen LogP contribution in [0, 0.1) is 0 Å². The molecule has 1 rings (SSSR count). The van der Waals surface area contributed by atoms with Crippen molar-refractivity contribution in [3.63, 3.8) is 0 Å². The minimum atomic E-state index is -0.587. The van der Waals surface area contributed by atoms with Crippen LogP contribution in [-0.2, 0) is 20.9 Å². The molecule has 5 nitrogen and oxygen atoms in total. The van der Waals surface area contributed by atoms with Gasteiger partial charge in [0, 0.05) is 0 Å². The predicted octanol–water partition coefficient (Wildman–Crippen LogP) is 1.88. The lowest BCUT2D eigenvalue weighted by atomic mass is 10.2. The summed E-state index contributed by atoms with van der Waals surface area (Å²) in [6, 6.07) is 9.83. The number of benzene rings is 1. The van der Waals surface area contributed by atoms with Crippen LogP contribution in [0.2, 0.25) is 0 Å². The Morgan fingerprint density at radius 1 is 1.24 bits per heavy atom. The smallest absolute Gasteiger partial charge is 0.431 e. The molecule has 0 radical (unpaired) electrons. The lowest BCUT2D eigenvalue weighted by Crippen LogP contribution is -2.26. The Morgan fingerprint density at radius 3 is 2.71 bits per heavy atom. The molecule has 1 amide bonds. The number of amides is 1. The molecule has 1 aromatic carbocycles. The second-order valence-electron chi connectivity index (χ2n) is 3.21. The molecule has 5 heteroatoms. The van der Waals surface area contributed by atoms with E-state index in [1.807, 2.05) is 30.3 Å². The molecule has 0 unspecified atom stereocenters. The first-order chi connectivity index (χ1) is 8.33. The SMILES string of the molecule is CCOC(=O)NOCCOCc1ccccc1. The summed E-state index contributed by atoms with van der Waals surface area (Å²) in [6.07, 6.45) is -0.587. The highest BCUT2D eigenvalue weighted by molar-refractivity contribution is 5.65. The summed E-state index contributed by atoms with van der Waals surface area (Å²) < 4.78 is 9.95. The molecule has 0 spiro atoms. The number of carbonyl (C=O) groups is 1. The van der Waals surface area contributed by atoms with Crippen LogP contribution in [-0.4, -0.2) is 25.9 Å². The van der Waals surface area contributed by atoms with Crippen LogP contribution in [0.25, 0.3) is 0 Å². The zero-order valence-corrected chi connectivity index (χ0v) is 9.85. The van der Waals surface area contributed by atoms with Crippen molar-refractivity contribution in [3.8, 4) is 0 Å². The normalized spacial score (nSPS) is 9.94. The van der Waals surface area contributed by atoms with E-state index in [1.54, 1.807) is 6.92 Å². The average Bonchev–Trinajstić information content (AvgIpc) is 2.35. The van der Waals surface area contributed by atoms with Crippen molar-refractivity contribution in [2.24, 2.45) is 0 Å². The second-order valence-corrected chi connectivity index (χ2v) is 3.21. The Balaban J connectivity index is 1.96. The van der Waals surface area contributed by atoms with Crippen molar-refractivity contribution in [1.82, 2.24) is 5.48 Å². The van der Waals surface area contributed by atoms with Gasteiger partial charge in [-0.2, -0.15) is 5.48 Å². The number of ether oxygens (including phenoxy) is 2. The summed E-state index contributed by atoms with van der Waals surface area (Å²) in [6.45, 7) is 3.26. The molecule has 0 saturated carbocycles. The zero-order chi connectivity index (χ0) is 12.3. The van der Waals surface area contributed by atoms with Gasteiger partial charge in [-0.05, 0) is 12.5 Å². The Kier molecular flexibility index (Phi) is 6.78. The fraction of sp³-hybridized carbons (Fsp3) is 0.417. The lowest BCUT2D eigenvalue weighted by Gasteiger charge is -2.06. The van der Waals surface area contributed by atoms with Crippen LogP contribution in [0.5, 0.6) is 0 Å². The van der Waals surface area contributed by atoms with Crippen molar-refractivity contribution in [1.29, 1.82) is 0 Å². The van der Waals surface area contributed by atoms with Crippen molar-refractivity contribution in [2.45, 2.75) is 13.5 Å². The van der Waals surface area contributed by atoms with Gasteiger partial charge in [0.1, 0.15) is 0 Å². The van der Waals surface area contributed by atoms with E-state index in [1.165, 1.54) is 0 Å². The first kappa shape index (κ1) is 13.5. The topological polar surface area (TPSA) is 56.8 Å². The first-order valence-corrected chi connectivity index (χ1v) is 5.49. The van der Waals surface area contributed by atoms with Crippen LogP contribution < -0.4 is 5.48 Å². The largest absolute Gasteiger partial charge is 0.448 e. The monoisotopic (exact) mass is 239 g/mol. The van der Waals surface area contributed by atoms with E-state index < -0.39 is 6.09 Å². The highest BCUT2D eigenvalue weighted by atomic mass is 16.7. The summed E-state index contributed by atoms with van der Waals surface area (Å²) in [5.74, 6) is 0. The third-order valence-electron chi connectivity index (χ3n) is 1.87. The van der Waals surface area contributed by atoms with E-state index in [-0.39, 0.29) is 6.61 Å². The van der Waals surface area contributed by atoms with E-state index in [0.29, 0.717) is 19.8 Å². The maximum atomic E-state index is 10.8. The van der Waals surface area contributed by atoms with Gasteiger partial charge in [-0.15, -0.1) is 0 Å². The summed E-state index contributed by atoms with van der Waals surface area (Å²) >= 11 is 0. The van der Waals surface area contributed by atoms with Crippen molar-refractivity contribution in [3.05, 3.63) is 35.9 Å². The van der Waals surface area contributed by atoms with Crippen LogP contribution in [0.4, 0.5) is 4.79 Å². The highest BCUT2D eigenvalue weighted by Crippen LogP contribution is 1.99. The summed E-state index contributed by atoms with van der Waals surface area (Å²) in [7, 11) is 0. The molecule has 0 aliphatic rings. The van der Waals surface area contributed by atoms with E-state index in [2.05, 4.69) is 10.2 Å². The van der Waals surface area contributed by atoms with E-state index in [0.717, 1.165) is 5.56 Å². The standard InChI is InChI=1S/C12H17NO4/c1-2-16-12(14)13-17-9-8-15-10-11-6-4-3-5-7-11/h3-7H,2,8-10H2,1H3,(H,13,14). The lowest BCUT2D eigenvalue weighted by molar-refractivity contribution is -0.00885. The molecule has 1 aromatic rings. The van der Waals surface area contributed by atoms with Gasteiger partial charge in [-0.1, -0.05) is 30.3 Å². The molecule has 17 heavy (non-hydrogen) atoms. The van der Waals surface area contributed by atoms with E-state index >= 15 is 0 Å². The molecule has 0 bridgehead atoms. The molecule has 0 atom stereocenters. The third-order valence-corrected chi connectivity index (χ3v) is 1.87. The minimum absolute atomic E-state index is 0.283. The number of carbonyl (C=O) groups excluding carboxylic acids is 1. The quantitative estimate of drug-likeness (QED) is 0.583.